The van der Waals surface area contributed by atoms with E-state index in [2.05, 4.69) is 26.8 Å². The van der Waals surface area contributed by atoms with Crippen LogP contribution in [0.1, 0.15) is 35.8 Å². The summed E-state index contributed by atoms with van der Waals surface area (Å²) in [6.45, 7) is 5.48. The number of benzene rings is 1. The molecule has 2 rings (SSSR count). The fraction of sp³-hybridized carbons (Fsp3) is 0.333. The van der Waals surface area contributed by atoms with Crippen molar-refractivity contribution < 1.29 is 9.32 Å². The van der Waals surface area contributed by atoms with Crippen LogP contribution in [-0.2, 0) is 4.79 Å². The summed E-state index contributed by atoms with van der Waals surface area (Å²) in [6, 6.07) is 7.01. The molecule has 0 aliphatic carbocycles. The summed E-state index contributed by atoms with van der Waals surface area (Å²) in [5.74, 6) is 0.724. The van der Waals surface area contributed by atoms with Crippen LogP contribution in [-0.4, -0.2) is 22.6 Å². The molecular weight excluding hydrogens is 282 g/mol. The first-order valence-electron chi connectivity index (χ1n) is 6.84. The van der Waals surface area contributed by atoms with Crippen LogP contribution in [0.25, 0.3) is 0 Å². The minimum Gasteiger partial charge on any atom is -0.376 e. The number of anilines is 1. The van der Waals surface area contributed by atoms with Gasteiger partial charge in [-0.15, -0.1) is 0 Å². The SMILES string of the molecule is Cc1nc(C(C)NC(=O)CNc2ccc(C#N)cc2C)no1. The maximum Gasteiger partial charge on any atom is 0.239 e. The van der Waals surface area contributed by atoms with Crippen LogP contribution in [0.5, 0.6) is 0 Å². The molecule has 0 fully saturated rings. The molecule has 0 radical (unpaired) electrons. The molecule has 0 saturated heterocycles. The van der Waals surface area contributed by atoms with Crippen molar-refractivity contribution in [3.63, 3.8) is 0 Å². The van der Waals surface area contributed by atoms with Gasteiger partial charge in [0.1, 0.15) is 0 Å². The van der Waals surface area contributed by atoms with Crippen LogP contribution in [0.15, 0.2) is 22.7 Å². The highest BCUT2D eigenvalue weighted by Crippen LogP contribution is 2.15. The molecule has 1 amide bonds. The fourth-order valence-corrected chi connectivity index (χ4v) is 1.95. The number of amides is 1. The molecule has 1 aromatic heterocycles. The van der Waals surface area contributed by atoms with Crippen molar-refractivity contribution in [1.82, 2.24) is 15.5 Å². The summed E-state index contributed by atoms with van der Waals surface area (Å²) < 4.78 is 4.88. The van der Waals surface area contributed by atoms with E-state index in [1.54, 1.807) is 32.0 Å². The lowest BCUT2D eigenvalue weighted by Crippen LogP contribution is -2.32. The van der Waals surface area contributed by atoms with Crippen LogP contribution in [0.2, 0.25) is 0 Å². The van der Waals surface area contributed by atoms with Crippen LogP contribution < -0.4 is 10.6 Å². The highest BCUT2D eigenvalue weighted by atomic mass is 16.5. The number of carbonyl (C=O) groups excluding carboxylic acids is 1. The van der Waals surface area contributed by atoms with E-state index >= 15 is 0 Å². The number of aryl methyl sites for hydroxylation is 2. The van der Waals surface area contributed by atoms with Crippen molar-refractivity contribution in [2.45, 2.75) is 26.8 Å². The van der Waals surface area contributed by atoms with E-state index in [4.69, 9.17) is 9.78 Å². The number of rotatable bonds is 5. The van der Waals surface area contributed by atoms with E-state index in [9.17, 15) is 4.79 Å². The van der Waals surface area contributed by atoms with Gasteiger partial charge in [0, 0.05) is 12.6 Å². The van der Waals surface area contributed by atoms with E-state index in [1.807, 2.05) is 6.92 Å². The zero-order valence-electron chi connectivity index (χ0n) is 12.7. The van der Waals surface area contributed by atoms with E-state index in [0.717, 1.165) is 11.3 Å². The lowest BCUT2D eigenvalue weighted by atomic mass is 10.1. The van der Waals surface area contributed by atoms with Crippen LogP contribution in [0.3, 0.4) is 0 Å². The summed E-state index contributed by atoms with van der Waals surface area (Å²) in [6.07, 6.45) is 0. The molecular formula is C15H17N5O2. The number of nitrogens with one attached hydrogen (secondary N) is 2. The second-order valence-electron chi connectivity index (χ2n) is 4.96. The Balaban J connectivity index is 1.89. The summed E-state index contributed by atoms with van der Waals surface area (Å²) in [7, 11) is 0. The molecule has 2 N–H and O–H groups in total. The van der Waals surface area contributed by atoms with E-state index in [0.29, 0.717) is 17.3 Å². The summed E-state index contributed by atoms with van der Waals surface area (Å²) >= 11 is 0. The number of carbonyl (C=O) groups is 1. The highest BCUT2D eigenvalue weighted by Gasteiger charge is 2.14. The number of hydrogen-bond acceptors (Lipinski definition) is 6. The van der Waals surface area contributed by atoms with Crippen molar-refractivity contribution in [3.8, 4) is 6.07 Å². The van der Waals surface area contributed by atoms with E-state index in [1.165, 1.54) is 0 Å². The van der Waals surface area contributed by atoms with Crippen LogP contribution in [0, 0.1) is 25.2 Å². The highest BCUT2D eigenvalue weighted by molar-refractivity contribution is 5.81. The van der Waals surface area contributed by atoms with Crippen molar-refractivity contribution >= 4 is 11.6 Å². The fourth-order valence-electron chi connectivity index (χ4n) is 1.95. The summed E-state index contributed by atoms with van der Waals surface area (Å²) in [4.78, 5) is 16.0. The lowest BCUT2D eigenvalue weighted by molar-refractivity contribution is -0.120. The maximum atomic E-state index is 11.9. The molecule has 0 spiro atoms. The average molecular weight is 299 g/mol. The van der Waals surface area contributed by atoms with Gasteiger partial charge in [-0.05, 0) is 37.6 Å². The molecule has 22 heavy (non-hydrogen) atoms. The van der Waals surface area contributed by atoms with Crippen LogP contribution >= 0.6 is 0 Å². The van der Waals surface area contributed by atoms with Crippen molar-refractivity contribution in [2.75, 3.05) is 11.9 Å². The van der Waals surface area contributed by atoms with Gasteiger partial charge in [0.05, 0.1) is 24.2 Å². The number of hydrogen-bond donors (Lipinski definition) is 2. The summed E-state index contributed by atoms with van der Waals surface area (Å²) in [5, 5.41) is 18.4. The first-order valence-corrected chi connectivity index (χ1v) is 6.84. The number of nitriles is 1. The molecule has 0 aliphatic heterocycles. The number of nitrogens with zero attached hydrogens (tertiary/aromatic N) is 3. The molecule has 1 heterocycles. The van der Waals surface area contributed by atoms with Crippen molar-refractivity contribution in [2.24, 2.45) is 0 Å². The normalized spacial score (nSPS) is 11.5. The minimum absolute atomic E-state index is 0.119. The maximum absolute atomic E-state index is 11.9. The second kappa shape index (κ2) is 6.72. The molecule has 0 bridgehead atoms. The largest absolute Gasteiger partial charge is 0.376 e. The Morgan fingerprint density at radius 3 is 2.82 bits per heavy atom. The molecule has 2 aromatic rings. The van der Waals surface area contributed by atoms with Gasteiger partial charge in [0.25, 0.3) is 0 Å². The molecule has 1 aromatic carbocycles. The van der Waals surface area contributed by atoms with Gasteiger partial charge >= 0.3 is 0 Å². The average Bonchev–Trinajstić information content (AvgIpc) is 2.92. The van der Waals surface area contributed by atoms with Crippen molar-refractivity contribution in [3.05, 3.63) is 41.0 Å². The molecule has 7 heteroatoms. The quantitative estimate of drug-likeness (QED) is 0.873. The third kappa shape index (κ3) is 3.82. The van der Waals surface area contributed by atoms with Gasteiger partial charge in [-0.3, -0.25) is 4.79 Å². The Labute approximate surface area is 128 Å². The first-order chi connectivity index (χ1) is 10.5. The third-order valence-corrected chi connectivity index (χ3v) is 3.10. The van der Waals surface area contributed by atoms with Crippen molar-refractivity contribution in [1.29, 1.82) is 5.26 Å². The second-order valence-corrected chi connectivity index (χ2v) is 4.96. The van der Waals surface area contributed by atoms with E-state index in [-0.39, 0.29) is 18.5 Å². The minimum atomic E-state index is -0.325. The Bertz CT molecular complexity index is 717. The van der Waals surface area contributed by atoms with E-state index < -0.39 is 0 Å². The zero-order valence-corrected chi connectivity index (χ0v) is 12.7. The number of aromatic nitrogens is 2. The smallest absolute Gasteiger partial charge is 0.239 e. The first kappa shape index (κ1) is 15.5. The molecule has 0 saturated carbocycles. The predicted octanol–water partition coefficient (Wildman–Crippen LogP) is 1.85. The van der Waals surface area contributed by atoms with Gasteiger partial charge in [0.2, 0.25) is 11.8 Å². The molecule has 114 valence electrons. The Hall–Kier alpha value is -2.88. The van der Waals surface area contributed by atoms with Crippen LogP contribution in [0.4, 0.5) is 5.69 Å². The Morgan fingerprint density at radius 2 is 2.23 bits per heavy atom. The standard InChI is InChI=1S/C15H17N5O2/c1-9-6-12(7-16)4-5-13(9)17-8-14(21)18-10(2)15-19-11(3)22-20-15/h4-6,10,17H,8H2,1-3H3,(H,18,21). The van der Waals surface area contributed by atoms with Gasteiger partial charge in [-0.1, -0.05) is 5.16 Å². The molecule has 0 aliphatic rings. The molecule has 7 nitrogen and oxygen atoms in total. The Morgan fingerprint density at radius 1 is 1.45 bits per heavy atom. The van der Waals surface area contributed by atoms with Gasteiger partial charge in [-0.25, -0.2) is 0 Å². The van der Waals surface area contributed by atoms with Gasteiger partial charge < -0.3 is 15.2 Å². The zero-order chi connectivity index (χ0) is 16.1. The lowest BCUT2D eigenvalue weighted by Gasteiger charge is -2.12. The molecule has 1 unspecified atom stereocenters. The Kier molecular flexibility index (Phi) is 4.73. The van der Waals surface area contributed by atoms with Gasteiger partial charge in [-0.2, -0.15) is 10.2 Å². The predicted molar refractivity (Wildman–Crippen MR) is 80.0 cm³/mol. The molecule has 1 atom stereocenters. The summed E-state index contributed by atoms with van der Waals surface area (Å²) in [5.41, 5.74) is 2.32. The van der Waals surface area contributed by atoms with Gasteiger partial charge in [0.15, 0.2) is 5.82 Å². The third-order valence-electron chi connectivity index (χ3n) is 3.10. The monoisotopic (exact) mass is 299 g/mol. The topological polar surface area (TPSA) is 104 Å².